The predicted molar refractivity (Wildman–Crippen MR) is 114 cm³/mol. The fourth-order valence-corrected chi connectivity index (χ4v) is 3.56. The summed E-state index contributed by atoms with van der Waals surface area (Å²) in [4.78, 5) is 19.3. The van der Waals surface area contributed by atoms with Crippen molar-refractivity contribution in [2.45, 2.75) is 26.9 Å². The van der Waals surface area contributed by atoms with Crippen LogP contribution in [0.3, 0.4) is 0 Å². The average Bonchev–Trinajstić information content (AvgIpc) is 3.33. The molecule has 0 saturated carbocycles. The molecular formula is C23H24N6O. The molecule has 0 aliphatic heterocycles. The van der Waals surface area contributed by atoms with Crippen LogP contribution >= 0.6 is 0 Å². The minimum absolute atomic E-state index is 0.0773. The van der Waals surface area contributed by atoms with Crippen LogP contribution in [0.25, 0.3) is 5.69 Å². The van der Waals surface area contributed by atoms with Crippen molar-refractivity contribution in [3.63, 3.8) is 0 Å². The molecule has 4 aromatic rings. The summed E-state index contributed by atoms with van der Waals surface area (Å²) in [6.45, 7) is 4.87. The number of hydrogen-bond donors (Lipinski definition) is 0. The molecule has 0 bridgehead atoms. The number of benzene rings is 1. The second kappa shape index (κ2) is 8.32. The quantitative estimate of drug-likeness (QED) is 0.497. The molecule has 0 N–H and O–H groups in total. The van der Waals surface area contributed by atoms with E-state index in [1.807, 2.05) is 71.6 Å². The van der Waals surface area contributed by atoms with Gasteiger partial charge in [-0.3, -0.25) is 14.5 Å². The van der Waals surface area contributed by atoms with Crippen LogP contribution in [0.15, 0.2) is 67.1 Å². The maximum atomic E-state index is 13.4. The Bertz CT molecular complexity index is 1150. The fraction of sp³-hybridized carbons (Fsp3) is 0.217. The Morgan fingerprint density at radius 1 is 1.00 bits per heavy atom. The van der Waals surface area contributed by atoms with Gasteiger partial charge >= 0.3 is 0 Å². The number of rotatable bonds is 6. The van der Waals surface area contributed by atoms with Crippen LogP contribution in [0.1, 0.15) is 33.0 Å². The largest absolute Gasteiger partial charge is 0.328 e. The smallest absolute Gasteiger partial charge is 0.256 e. The Labute approximate surface area is 175 Å². The molecule has 1 amide bonds. The summed E-state index contributed by atoms with van der Waals surface area (Å²) in [5.74, 6) is -0.0773. The van der Waals surface area contributed by atoms with Crippen LogP contribution in [-0.2, 0) is 20.1 Å². The van der Waals surface area contributed by atoms with E-state index in [0.29, 0.717) is 18.7 Å². The van der Waals surface area contributed by atoms with Crippen molar-refractivity contribution in [3.05, 3.63) is 95.3 Å². The van der Waals surface area contributed by atoms with Crippen molar-refractivity contribution in [2.75, 3.05) is 0 Å². The van der Waals surface area contributed by atoms with Crippen molar-refractivity contribution in [3.8, 4) is 5.69 Å². The van der Waals surface area contributed by atoms with Crippen LogP contribution in [0.5, 0.6) is 0 Å². The van der Waals surface area contributed by atoms with E-state index in [1.165, 1.54) is 0 Å². The van der Waals surface area contributed by atoms with E-state index in [1.54, 1.807) is 30.7 Å². The van der Waals surface area contributed by atoms with Crippen LogP contribution in [0.4, 0.5) is 0 Å². The number of hydrogen-bond acceptors (Lipinski definition) is 4. The minimum atomic E-state index is -0.0773. The highest BCUT2D eigenvalue weighted by Gasteiger charge is 2.22. The molecule has 0 radical (unpaired) electrons. The maximum Gasteiger partial charge on any atom is 0.256 e. The van der Waals surface area contributed by atoms with E-state index in [0.717, 1.165) is 28.3 Å². The van der Waals surface area contributed by atoms with Crippen LogP contribution in [0, 0.1) is 13.8 Å². The van der Waals surface area contributed by atoms with Gasteiger partial charge in [0.25, 0.3) is 5.91 Å². The Hall–Kier alpha value is -3.74. The van der Waals surface area contributed by atoms with Crippen molar-refractivity contribution < 1.29 is 4.79 Å². The second-order valence-electron chi connectivity index (χ2n) is 7.25. The summed E-state index contributed by atoms with van der Waals surface area (Å²) in [6, 6.07) is 15.4. The van der Waals surface area contributed by atoms with Gasteiger partial charge in [-0.2, -0.15) is 10.2 Å². The number of para-hydroxylation sites is 1. The fourth-order valence-electron chi connectivity index (χ4n) is 3.56. The first-order chi connectivity index (χ1) is 14.5. The van der Waals surface area contributed by atoms with Crippen molar-refractivity contribution in [1.82, 2.24) is 29.4 Å². The van der Waals surface area contributed by atoms with Gasteiger partial charge in [-0.25, -0.2) is 4.68 Å². The minimum Gasteiger partial charge on any atom is -0.328 e. The molecular weight excluding hydrogens is 376 g/mol. The number of carbonyl (C=O) groups excluding carboxylic acids is 1. The third-order valence-corrected chi connectivity index (χ3v) is 5.28. The van der Waals surface area contributed by atoms with Crippen molar-refractivity contribution in [1.29, 1.82) is 0 Å². The van der Waals surface area contributed by atoms with Gasteiger partial charge in [0.2, 0.25) is 0 Å². The van der Waals surface area contributed by atoms with Gasteiger partial charge in [0.05, 0.1) is 35.7 Å². The standard InChI is InChI=1S/C23H24N6O/c1-17-22(18(2)27(3)26-17)16-28(23(30)19-8-7-12-24-14-19)15-21-11-13-25-29(21)20-9-5-4-6-10-20/h4-14H,15-16H2,1-3H3. The van der Waals surface area contributed by atoms with Gasteiger partial charge < -0.3 is 4.90 Å². The third kappa shape index (κ3) is 3.87. The van der Waals surface area contributed by atoms with Crippen LogP contribution in [-0.4, -0.2) is 35.4 Å². The highest BCUT2D eigenvalue weighted by atomic mass is 16.2. The molecule has 7 nitrogen and oxygen atoms in total. The lowest BCUT2D eigenvalue weighted by Crippen LogP contribution is -2.31. The molecule has 3 heterocycles. The van der Waals surface area contributed by atoms with E-state index in [2.05, 4.69) is 15.2 Å². The lowest BCUT2D eigenvalue weighted by Gasteiger charge is -2.23. The molecule has 152 valence electrons. The van der Waals surface area contributed by atoms with Crippen molar-refractivity contribution >= 4 is 5.91 Å². The van der Waals surface area contributed by atoms with E-state index in [-0.39, 0.29) is 5.91 Å². The molecule has 0 spiro atoms. The number of aryl methyl sites for hydroxylation is 2. The highest BCUT2D eigenvalue weighted by Crippen LogP contribution is 2.20. The highest BCUT2D eigenvalue weighted by molar-refractivity contribution is 5.93. The van der Waals surface area contributed by atoms with Crippen LogP contribution in [0.2, 0.25) is 0 Å². The van der Waals surface area contributed by atoms with E-state index >= 15 is 0 Å². The molecule has 4 rings (SSSR count). The van der Waals surface area contributed by atoms with Crippen molar-refractivity contribution in [2.24, 2.45) is 7.05 Å². The van der Waals surface area contributed by atoms with E-state index in [4.69, 9.17) is 0 Å². The molecule has 0 aliphatic carbocycles. The first-order valence-corrected chi connectivity index (χ1v) is 9.81. The first kappa shape index (κ1) is 19.6. The topological polar surface area (TPSA) is 68.8 Å². The zero-order valence-corrected chi connectivity index (χ0v) is 17.4. The summed E-state index contributed by atoms with van der Waals surface area (Å²) < 4.78 is 3.72. The molecule has 0 saturated heterocycles. The molecule has 0 aliphatic rings. The molecule has 30 heavy (non-hydrogen) atoms. The SMILES string of the molecule is Cc1nn(C)c(C)c1CN(Cc1ccnn1-c1ccccc1)C(=O)c1cccnc1. The zero-order valence-electron chi connectivity index (χ0n) is 17.4. The first-order valence-electron chi connectivity index (χ1n) is 9.81. The number of aromatic nitrogens is 5. The molecule has 1 aromatic carbocycles. The number of nitrogens with zero attached hydrogens (tertiary/aromatic N) is 6. The summed E-state index contributed by atoms with van der Waals surface area (Å²) in [7, 11) is 1.92. The third-order valence-electron chi connectivity index (χ3n) is 5.28. The Morgan fingerprint density at radius 3 is 2.47 bits per heavy atom. The van der Waals surface area contributed by atoms with Gasteiger partial charge in [0.1, 0.15) is 0 Å². The summed E-state index contributed by atoms with van der Waals surface area (Å²) >= 11 is 0. The Morgan fingerprint density at radius 2 is 1.80 bits per heavy atom. The monoisotopic (exact) mass is 400 g/mol. The molecule has 0 unspecified atom stereocenters. The average molecular weight is 400 g/mol. The number of amides is 1. The van der Waals surface area contributed by atoms with Gasteiger partial charge in [-0.15, -0.1) is 0 Å². The van der Waals surface area contributed by atoms with E-state index in [9.17, 15) is 4.79 Å². The van der Waals surface area contributed by atoms with Gasteiger partial charge in [0, 0.05) is 36.9 Å². The number of pyridine rings is 1. The zero-order chi connectivity index (χ0) is 21.1. The van der Waals surface area contributed by atoms with Gasteiger partial charge in [-0.05, 0) is 44.2 Å². The Kier molecular flexibility index (Phi) is 5.43. The molecule has 0 fully saturated rings. The lowest BCUT2D eigenvalue weighted by atomic mass is 10.1. The summed E-state index contributed by atoms with van der Waals surface area (Å²) in [5, 5.41) is 8.97. The Balaban J connectivity index is 1.70. The molecule has 7 heteroatoms. The van der Waals surface area contributed by atoms with Gasteiger partial charge in [0.15, 0.2) is 0 Å². The molecule has 0 atom stereocenters. The summed E-state index contributed by atoms with van der Waals surface area (Å²) in [5.41, 5.74) is 5.48. The predicted octanol–water partition coefficient (Wildman–Crippen LogP) is 3.46. The lowest BCUT2D eigenvalue weighted by molar-refractivity contribution is 0.0725. The van der Waals surface area contributed by atoms with E-state index < -0.39 is 0 Å². The maximum absolute atomic E-state index is 13.4. The second-order valence-corrected chi connectivity index (χ2v) is 7.25. The van der Waals surface area contributed by atoms with Gasteiger partial charge in [-0.1, -0.05) is 18.2 Å². The normalized spacial score (nSPS) is 10.9. The molecule has 3 aromatic heterocycles. The summed E-state index contributed by atoms with van der Waals surface area (Å²) in [6.07, 6.45) is 5.03. The van der Waals surface area contributed by atoms with Crippen LogP contribution < -0.4 is 0 Å². The number of carbonyl (C=O) groups is 1.